The lowest BCUT2D eigenvalue weighted by atomic mass is 9.93. The highest BCUT2D eigenvalue weighted by Gasteiger charge is 2.16. The minimum Gasteiger partial charge on any atom is -0.330 e. The minimum absolute atomic E-state index is 0.190. The molecule has 0 bridgehead atoms. The maximum absolute atomic E-state index is 5.73. The van der Waals surface area contributed by atoms with Gasteiger partial charge in [0.1, 0.15) is 0 Å². The Labute approximate surface area is 105 Å². The largest absolute Gasteiger partial charge is 0.330 e. The molecule has 94 valence electrons. The summed E-state index contributed by atoms with van der Waals surface area (Å²) in [6.07, 6.45) is 4.36. The highest BCUT2D eigenvalue weighted by atomic mass is 15.1. The van der Waals surface area contributed by atoms with E-state index in [0.717, 1.165) is 19.6 Å². The minimum atomic E-state index is 0.190. The second kappa shape index (κ2) is 6.58. The Kier molecular flexibility index (Phi) is 5.39. The summed E-state index contributed by atoms with van der Waals surface area (Å²) in [5.41, 5.74) is 7.17. The topological polar surface area (TPSA) is 29.3 Å². The van der Waals surface area contributed by atoms with Gasteiger partial charge in [0.25, 0.3) is 0 Å². The second-order valence-corrected chi connectivity index (χ2v) is 5.38. The third-order valence-electron chi connectivity index (χ3n) is 2.78. The Morgan fingerprint density at radius 1 is 1.24 bits per heavy atom. The van der Waals surface area contributed by atoms with Crippen molar-refractivity contribution >= 4 is 6.08 Å². The van der Waals surface area contributed by atoms with Crippen LogP contribution >= 0.6 is 0 Å². The molecule has 2 N–H and O–H groups in total. The van der Waals surface area contributed by atoms with E-state index < -0.39 is 0 Å². The van der Waals surface area contributed by atoms with Gasteiger partial charge >= 0.3 is 0 Å². The van der Waals surface area contributed by atoms with E-state index in [4.69, 9.17) is 5.73 Å². The average molecular weight is 232 g/mol. The maximum Gasteiger partial charge on any atom is 0.0163 e. The van der Waals surface area contributed by atoms with Crippen LogP contribution in [0.1, 0.15) is 19.4 Å². The SMILES string of the molecule is CN(C/C=C/c1ccccc1)CC(C)(C)CN. The molecule has 0 radical (unpaired) electrons. The van der Waals surface area contributed by atoms with Crippen molar-refractivity contribution in [2.45, 2.75) is 13.8 Å². The third-order valence-corrected chi connectivity index (χ3v) is 2.78. The molecule has 1 aromatic carbocycles. The van der Waals surface area contributed by atoms with Gasteiger partial charge in [-0.05, 0) is 24.6 Å². The maximum atomic E-state index is 5.73. The molecule has 2 heteroatoms. The van der Waals surface area contributed by atoms with Gasteiger partial charge < -0.3 is 10.6 Å². The fraction of sp³-hybridized carbons (Fsp3) is 0.467. The molecule has 0 amide bonds. The smallest absolute Gasteiger partial charge is 0.0163 e. The molecule has 2 nitrogen and oxygen atoms in total. The Morgan fingerprint density at radius 2 is 1.88 bits per heavy atom. The predicted molar refractivity (Wildman–Crippen MR) is 75.8 cm³/mol. The van der Waals surface area contributed by atoms with Crippen LogP contribution < -0.4 is 5.73 Å². The van der Waals surface area contributed by atoms with E-state index in [2.05, 4.69) is 62.2 Å². The zero-order chi connectivity index (χ0) is 12.7. The van der Waals surface area contributed by atoms with Crippen molar-refractivity contribution in [1.82, 2.24) is 4.90 Å². The molecule has 0 spiro atoms. The van der Waals surface area contributed by atoms with Gasteiger partial charge in [0.2, 0.25) is 0 Å². The Morgan fingerprint density at radius 3 is 2.47 bits per heavy atom. The molecule has 0 aromatic heterocycles. The van der Waals surface area contributed by atoms with Crippen LogP contribution in [0.3, 0.4) is 0 Å². The summed E-state index contributed by atoms with van der Waals surface area (Å²) in [6, 6.07) is 10.4. The quantitative estimate of drug-likeness (QED) is 0.817. The van der Waals surface area contributed by atoms with Crippen LogP contribution in [0.2, 0.25) is 0 Å². The zero-order valence-corrected chi connectivity index (χ0v) is 11.2. The lowest BCUT2D eigenvalue weighted by Gasteiger charge is -2.28. The number of nitrogens with zero attached hydrogens (tertiary/aromatic N) is 1. The lowest BCUT2D eigenvalue weighted by Crippen LogP contribution is -2.36. The molecule has 1 aromatic rings. The molecule has 0 aliphatic carbocycles. The highest BCUT2D eigenvalue weighted by molar-refractivity contribution is 5.48. The number of likely N-dealkylation sites (N-methyl/N-ethyl adjacent to an activating group) is 1. The van der Waals surface area contributed by atoms with E-state index in [0.29, 0.717) is 0 Å². The van der Waals surface area contributed by atoms with Gasteiger partial charge in [-0.3, -0.25) is 0 Å². The van der Waals surface area contributed by atoms with Crippen molar-refractivity contribution in [3.8, 4) is 0 Å². The van der Waals surface area contributed by atoms with Crippen molar-refractivity contribution in [2.75, 3.05) is 26.7 Å². The van der Waals surface area contributed by atoms with Crippen LogP contribution in [0.25, 0.3) is 6.08 Å². The van der Waals surface area contributed by atoms with Gasteiger partial charge in [0, 0.05) is 13.1 Å². The first-order chi connectivity index (χ1) is 8.03. The molecule has 0 aliphatic heterocycles. The predicted octanol–water partition coefficient (Wildman–Crippen LogP) is 2.62. The van der Waals surface area contributed by atoms with E-state index in [-0.39, 0.29) is 5.41 Å². The van der Waals surface area contributed by atoms with Crippen LogP contribution in [-0.4, -0.2) is 31.6 Å². The number of nitrogens with two attached hydrogens (primary N) is 1. The third kappa shape index (κ3) is 5.66. The Bertz CT molecular complexity index is 341. The molecule has 17 heavy (non-hydrogen) atoms. The molecule has 1 rings (SSSR count). The van der Waals surface area contributed by atoms with Crippen molar-refractivity contribution in [1.29, 1.82) is 0 Å². The average Bonchev–Trinajstić information content (AvgIpc) is 2.30. The summed E-state index contributed by atoms with van der Waals surface area (Å²) in [4.78, 5) is 2.30. The Hall–Kier alpha value is -1.12. The molecule has 0 unspecified atom stereocenters. The highest BCUT2D eigenvalue weighted by Crippen LogP contribution is 2.13. The molecule has 0 fully saturated rings. The van der Waals surface area contributed by atoms with E-state index in [1.807, 2.05) is 6.07 Å². The summed E-state index contributed by atoms with van der Waals surface area (Å²) in [6.45, 7) is 7.09. The number of benzene rings is 1. The summed E-state index contributed by atoms with van der Waals surface area (Å²) < 4.78 is 0. The molecular weight excluding hydrogens is 208 g/mol. The number of rotatable bonds is 6. The Balaban J connectivity index is 2.38. The van der Waals surface area contributed by atoms with Gasteiger partial charge in [0.05, 0.1) is 0 Å². The number of hydrogen-bond acceptors (Lipinski definition) is 2. The van der Waals surface area contributed by atoms with Crippen LogP contribution in [0, 0.1) is 5.41 Å². The van der Waals surface area contributed by atoms with Crippen molar-refractivity contribution in [3.63, 3.8) is 0 Å². The molecule has 0 saturated carbocycles. The van der Waals surface area contributed by atoms with Crippen LogP contribution in [0.5, 0.6) is 0 Å². The standard InChI is InChI=1S/C15H24N2/c1-15(2,12-16)13-17(3)11-7-10-14-8-5-4-6-9-14/h4-10H,11-13,16H2,1-3H3/b10-7+. The normalized spacial score (nSPS) is 12.5. The summed E-state index contributed by atoms with van der Waals surface area (Å²) in [7, 11) is 2.13. The molecule has 0 aliphatic rings. The first-order valence-electron chi connectivity index (χ1n) is 6.14. The summed E-state index contributed by atoms with van der Waals surface area (Å²) >= 11 is 0. The van der Waals surface area contributed by atoms with Crippen LogP contribution in [0.15, 0.2) is 36.4 Å². The van der Waals surface area contributed by atoms with E-state index in [1.54, 1.807) is 0 Å². The van der Waals surface area contributed by atoms with Crippen molar-refractivity contribution in [2.24, 2.45) is 11.1 Å². The zero-order valence-electron chi connectivity index (χ0n) is 11.2. The lowest BCUT2D eigenvalue weighted by molar-refractivity contribution is 0.232. The second-order valence-electron chi connectivity index (χ2n) is 5.38. The van der Waals surface area contributed by atoms with Crippen molar-refractivity contribution in [3.05, 3.63) is 42.0 Å². The monoisotopic (exact) mass is 232 g/mol. The first kappa shape index (κ1) is 13.9. The van der Waals surface area contributed by atoms with Gasteiger partial charge in [-0.2, -0.15) is 0 Å². The molecular formula is C15H24N2. The van der Waals surface area contributed by atoms with Crippen LogP contribution in [0.4, 0.5) is 0 Å². The van der Waals surface area contributed by atoms with E-state index in [1.165, 1.54) is 5.56 Å². The van der Waals surface area contributed by atoms with Crippen molar-refractivity contribution < 1.29 is 0 Å². The van der Waals surface area contributed by atoms with Gasteiger partial charge in [-0.25, -0.2) is 0 Å². The molecule has 0 atom stereocenters. The summed E-state index contributed by atoms with van der Waals surface area (Å²) in [5, 5.41) is 0. The fourth-order valence-electron chi connectivity index (χ4n) is 1.79. The summed E-state index contributed by atoms with van der Waals surface area (Å²) in [5.74, 6) is 0. The molecule has 0 saturated heterocycles. The number of hydrogen-bond donors (Lipinski definition) is 1. The van der Waals surface area contributed by atoms with Crippen LogP contribution in [-0.2, 0) is 0 Å². The van der Waals surface area contributed by atoms with Gasteiger partial charge in [0.15, 0.2) is 0 Å². The van der Waals surface area contributed by atoms with E-state index in [9.17, 15) is 0 Å². The van der Waals surface area contributed by atoms with E-state index >= 15 is 0 Å². The fourth-order valence-corrected chi connectivity index (χ4v) is 1.79. The van der Waals surface area contributed by atoms with Gasteiger partial charge in [-0.1, -0.05) is 56.3 Å². The molecule has 0 heterocycles. The first-order valence-corrected chi connectivity index (χ1v) is 6.14. The van der Waals surface area contributed by atoms with Gasteiger partial charge in [-0.15, -0.1) is 0 Å².